The maximum Gasteiger partial charge on any atom is 0.239 e. The first-order chi connectivity index (χ1) is 5.33. The van der Waals surface area contributed by atoms with Gasteiger partial charge in [-0.1, -0.05) is 0 Å². The Hall–Kier alpha value is -1.49. The highest BCUT2D eigenvalue weighted by molar-refractivity contribution is 5.77. The van der Waals surface area contributed by atoms with E-state index in [1.807, 2.05) is 5.43 Å². The van der Waals surface area contributed by atoms with Gasteiger partial charge in [0, 0.05) is 6.20 Å². The number of nitrogens with two attached hydrogens (primary N) is 1. The molecule has 1 heterocycles. The number of nitrogens with one attached hydrogen (secondary N) is 1. The third kappa shape index (κ3) is 2.30. The zero-order valence-electron chi connectivity index (χ0n) is 5.82. The van der Waals surface area contributed by atoms with Gasteiger partial charge in [0.05, 0.1) is 12.1 Å². The number of hydrogen-bond acceptors (Lipinski definition) is 4. The van der Waals surface area contributed by atoms with Crippen LogP contribution >= 0.6 is 0 Å². The fourth-order valence-corrected chi connectivity index (χ4v) is 0.643. The summed E-state index contributed by atoms with van der Waals surface area (Å²) in [5, 5.41) is 7.30. The molecule has 58 valence electrons. The van der Waals surface area contributed by atoms with Crippen molar-refractivity contribution < 1.29 is 4.79 Å². The lowest BCUT2D eigenvalue weighted by atomic mass is 10.3. The summed E-state index contributed by atoms with van der Waals surface area (Å²) in [5.41, 5.74) is 2.61. The minimum atomic E-state index is -0.273. The number of hydrazine groups is 1. The second-order valence-electron chi connectivity index (χ2n) is 1.96. The van der Waals surface area contributed by atoms with E-state index in [2.05, 4.69) is 10.2 Å². The Morgan fingerprint density at radius 2 is 2.55 bits per heavy atom. The second kappa shape index (κ2) is 3.62. The van der Waals surface area contributed by atoms with E-state index in [1.54, 1.807) is 18.3 Å². The molecule has 3 N–H and O–H groups in total. The Morgan fingerprint density at radius 1 is 1.73 bits per heavy atom. The van der Waals surface area contributed by atoms with Crippen LogP contribution < -0.4 is 11.3 Å². The first kappa shape index (κ1) is 7.62. The van der Waals surface area contributed by atoms with Gasteiger partial charge in [-0.05, 0) is 12.1 Å². The van der Waals surface area contributed by atoms with Crippen LogP contribution in [0.25, 0.3) is 0 Å². The number of hydrogen-bond donors (Lipinski definition) is 2. The molecule has 0 bridgehead atoms. The van der Waals surface area contributed by atoms with Gasteiger partial charge in [0.25, 0.3) is 0 Å². The lowest BCUT2D eigenvalue weighted by Gasteiger charge is -1.96. The Balaban J connectivity index is 2.58. The molecule has 0 spiro atoms. The quantitative estimate of drug-likeness (QED) is 0.324. The molecule has 0 fully saturated rings. The molecule has 0 radical (unpaired) electrons. The highest BCUT2D eigenvalue weighted by atomic mass is 16.2. The van der Waals surface area contributed by atoms with Gasteiger partial charge in [-0.15, -0.1) is 0 Å². The maximum atomic E-state index is 10.7. The Morgan fingerprint density at radius 3 is 3.09 bits per heavy atom. The van der Waals surface area contributed by atoms with E-state index < -0.39 is 0 Å². The van der Waals surface area contributed by atoms with E-state index in [4.69, 9.17) is 5.84 Å². The summed E-state index contributed by atoms with van der Waals surface area (Å²) >= 11 is 0. The number of carbonyl (C=O) groups excluding carboxylic acids is 1. The monoisotopic (exact) mass is 152 g/mol. The number of nitrogens with zero attached hydrogens (tertiary/aromatic N) is 2. The van der Waals surface area contributed by atoms with Crippen molar-refractivity contribution >= 4 is 5.91 Å². The highest BCUT2D eigenvalue weighted by Gasteiger charge is 2.00. The molecule has 1 aromatic rings. The molecule has 0 atom stereocenters. The van der Waals surface area contributed by atoms with Crippen molar-refractivity contribution in [1.29, 1.82) is 0 Å². The number of amides is 1. The van der Waals surface area contributed by atoms with E-state index in [0.717, 1.165) is 0 Å². The third-order valence-electron chi connectivity index (χ3n) is 1.13. The fraction of sp³-hybridized carbons (Fsp3) is 0.167. The van der Waals surface area contributed by atoms with E-state index >= 15 is 0 Å². The van der Waals surface area contributed by atoms with Gasteiger partial charge in [-0.2, -0.15) is 10.2 Å². The number of carbonyl (C=O) groups is 1. The topological polar surface area (TPSA) is 80.9 Å². The summed E-state index contributed by atoms with van der Waals surface area (Å²) in [6, 6.07) is 3.42. The number of aromatic nitrogens is 2. The minimum absolute atomic E-state index is 0.171. The Labute approximate surface area is 63.6 Å². The number of rotatable bonds is 2. The van der Waals surface area contributed by atoms with Gasteiger partial charge >= 0.3 is 0 Å². The third-order valence-corrected chi connectivity index (χ3v) is 1.13. The largest absolute Gasteiger partial charge is 0.294 e. The molecule has 1 amide bonds. The molecule has 5 nitrogen and oxygen atoms in total. The van der Waals surface area contributed by atoms with Crippen molar-refractivity contribution in [3.8, 4) is 0 Å². The smallest absolute Gasteiger partial charge is 0.239 e. The molecule has 0 aliphatic rings. The maximum absolute atomic E-state index is 10.7. The fourth-order valence-electron chi connectivity index (χ4n) is 0.643. The van der Waals surface area contributed by atoms with Gasteiger partial charge < -0.3 is 0 Å². The van der Waals surface area contributed by atoms with Crippen molar-refractivity contribution in [2.24, 2.45) is 5.84 Å². The summed E-state index contributed by atoms with van der Waals surface area (Å²) < 4.78 is 0. The van der Waals surface area contributed by atoms with Gasteiger partial charge in [-0.3, -0.25) is 10.2 Å². The predicted octanol–water partition coefficient (Wildman–Crippen LogP) is -0.991. The van der Waals surface area contributed by atoms with Gasteiger partial charge in [-0.25, -0.2) is 5.84 Å². The van der Waals surface area contributed by atoms with Crippen LogP contribution in [-0.4, -0.2) is 16.1 Å². The van der Waals surface area contributed by atoms with Crippen LogP contribution in [0.15, 0.2) is 18.3 Å². The van der Waals surface area contributed by atoms with E-state index in [-0.39, 0.29) is 12.3 Å². The first-order valence-corrected chi connectivity index (χ1v) is 3.09. The van der Waals surface area contributed by atoms with Crippen LogP contribution in [0, 0.1) is 0 Å². The van der Waals surface area contributed by atoms with Crippen molar-refractivity contribution in [2.45, 2.75) is 6.42 Å². The first-order valence-electron chi connectivity index (χ1n) is 3.09. The lowest BCUT2D eigenvalue weighted by molar-refractivity contribution is -0.120. The molecular weight excluding hydrogens is 144 g/mol. The van der Waals surface area contributed by atoms with Gasteiger partial charge in [0.2, 0.25) is 5.91 Å². The SMILES string of the molecule is NNC(=O)Cc1cccnn1. The van der Waals surface area contributed by atoms with Crippen LogP contribution in [0.3, 0.4) is 0 Å². The van der Waals surface area contributed by atoms with Crippen molar-refractivity contribution in [1.82, 2.24) is 15.6 Å². The molecule has 0 aliphatic carbocycles. The normalized spacial score (nSPS) is 9.18. The van der Waals surface area contributed by atoms with E-state index in [1.165, 1.54) is 0 Å². The average Bonchev–Trinajstić information content (AvgIpc) is 2.06. The molecular formula is C6H8N4O. The molecule has 0 saturated heterocycles. The summed E-state index contributed by atoms with van der Waals surface area (Å²) in [5.74, 6) is 4.60. The molecule has 0 saturated carbocycles. The highest BCUT2D eigenvalue weighted by Crippen LogP contribution is 1.90. The summed E-state index contributed by atoms with van der Waals surface area (Å²) in [7, 11) is 0. The van der Waals surface area contributed by atoms with Crippen LogP contribution in [0.2, 0.25) is 0 Å². The van der Waals surface area contributed by atoms with Crippen molar-refractivity contribution in [2.75, 3.05) is 0 Å². The molecule has 1 aromatic heterocycles. The van der Waals surface area contributed by atoms with Gasteiger partial charge in [0.15, 0.2) is 0 Å². The summed E-state index contributed by atoms with van der Waals surface area (Å²) in [4.78, 5) is 10.7. The Bertz CT molecular complexity index is 236. The molecule has 11 heavy (non-hydrogen) atoms. The molecule has 0 aliphatic heterocycles. The van der Waals surface area contributed by atoms with E-state index in [9.17, 15) is 4.79 Å². The summed E-state index contributed by atoms with van der Waals surface area (Å²) in [6.45, 7) is 0. The predicted molar refractivity (Wildman–Crippen MR) is 38.1 cm³/mol. The van der Waals surface area contributed by atoms with Crippen molar-refractivity contribution in [3.63, 3.8) is 0 Å². The average molecular weight is 152 g/mol. The zero-order valence-corrected chi connectivity index (χ0v) is 5.82. The van der Waals surface area contributed by atoms with E-state index in [0.29, 0.717) is 5.69 Å². The zero-order chi connectivity index (χ0) is 8.10. The van der Waals surface area contributed by atoms with Gasteiger partial charge in [0.1, 0.15) is 0 Å². The van der Waals surface area contributed by atoms with Crippen molar-refractivity contribution in [3.05, 3.63) is 24.0 Å². The van der Waals surface area contributed by atoms with Crippen LogP contribution in [0.5, 0.6) is 0 Å². The molecule has 5 heteroatoms. The minimum Gasteiger partial charge on any atom is -0.294 e. The van der Waals surface area contributed by atoms with Crippen LogP contribution in [0.1, 0.15) is 5.69 Å². The standard InChI is InChI=1S/C6H8N4O/c7-9-6(11)4-5-2-1-3-8-10-5/h1-3H,4,7H2,(H,9,11). The molecule has 0 unspecified atom stereocenters. The van der Waals surface area contributed by atoms with Crippen LogP contribution in [-0.2, 0) is 11.2 Å². The second-order valence-corrected chi connectivity index (χ2v) is 1.96. The Kier molecular flexibility index (Phi) is 2.51. The molecule has 0 aromatic carbocycles. The molecule has 1 rings (SSSR count). The lowest BCUT2D eigenvalue weighted by Crippen LogP contribution is -2.31. The van der Waals surface area contributed by atoms with Crippen LogP contribution in [0.4, 0.5) is 0 Å². The summed E-state index contributed by atoms with van der Waals surface area (Å²) in [6.07, 6.45) is 1.72.